The molecular formula is C22H21N3O4S. The molecule has 1 N–H and O–H groups in total. The SMILES string of the molecule is Cc1ccccc1C1=NN(C(=O)c2ccco2)C(c2ccccc2NS(C)(=O)=O)C1. The first-order valence-corrected chi connectivity index (χ1v) is 11.3. The van der Waals surface area contributed by atoms with E-state index in [1.54, 1.807) is 30.3 Å². The lowest BCUT2D eigenvalue weighted by Crippen LogP contribution is -2.27. The minimum Gasteiger partial charge on any atom is -0.459 e. The standard InChI is InChI=1S/C22H21N3O4S/c1-15-8-3-4-9-16(15)19-14-20(25(23-19)22(26)21-12-7-13-29-21)17-10-5-6-11-18(17)24-30(2,27)28/h3-13,20,24H,14H2,1-2H3. The Balaban J connectivity index is 1.79. The van der Waals surface area contributed by atoms with Crippen molar-refractivity contribution in [2.75, 3.05) is 11.0 Å². The zero-order valence-corrected chi connectivity index (χ0v) is 17.4. The maximum Gasteiger partial charge on any atom is 0.310 e. The fourth-order valence-electron chi connectivity index (χ4n) is 3.59. The summed E-state index contributed by atoms with van der Waals surface area (Å²) in [7, 11) is -3.49. The molecule has 1 aromatic heterocycles. The highest BCUT2D eigenvalue weighted by atomic mass is 32.2. The molecule has 0 bridgehead atoms. The second-order valence-electron chi connectivity index (χ2n) is 7.17. The van der Waals surface area contributed by atoms with E-state index in [4.69, 9.17) is 4.42 Å². The number of sulfonamides is 1. The van der Waals surface area contributed by atoms with Gasteiger partial charge in [0.05, 0.1) is 30.0 Å². The Hall–Kier alpha value is -3.39. The Morgan fingerprint density at radius 2 is 1.83 bits per heavy atom. The first kappa shape index (κ1) is 19.9. The van der Waals surface area contributed by atoms with Crippen molar-refractivity contribution in [1.82, 2.24) is 5.01 Å². The summed E-state index contributed by atoms with van der Waals surface area (Å²) >= 11 is 0. The van der Waals surface area contributed by atoms with Gasteiger partial charge in [0.25, 0.3) is 0 Å². The van der Waals surface area contributed by atoms with Crippen LogP contribution in [0.25, 0.3) is 0 Å². The van der Waals surface area contributed by atoms with Crippen molar-refractivity contribution in [3.8, 4) is 0 Å². The van der Waals surface area contributed by atoms with Crippen LogP contribution in [0.15, 0.2) is 76.4 Å². The molecule has 1 aliphatic rings. The monoisotopic (exact) mass is 423 g/mol. The molecule has 0 saturated heterocycles. The molecule has 0 aliphatic carbocycles. The van der Waals surface area contributed by atoms with E-state index in [0.717, 1.165) is 23.1 Å². The normalized spacial score (nSPS) is 16.4. The molecule has 154 valence electrons. The van der Waals surface area contributed by atoms with E-state index in [-0.39, 0.29) is 11.7 Å². The van der Waals surface area contributed by atoms with Crippen LogP contribution in [0.2, 0.25) is 0 Å². The third-order valence-corrected chi connectivity index (χ3v) is 5.51. The summed E-state index contributed by atoms with van der Waals surface area (Å²) in [4.78, 5) is 13.1. The van der Waals surface area contributed by atoms with Gasteiger partial charge in [-0.1, -0.05) is 42.5 Å². The average Bonchev–Trinajstić information content (AvgIpc) is 3.37. The Morgan fingerprint density at radius 1 is 1.10 bits per heavy atom. The molecule has 0 radical (unpaired) electrons. The third-order valence-electron chi connectivity index (χ3n) is 4.92. The van der Waals surface area contributed by atoms with Gasteiger partial charge in [0, 0.05) is 17.5 Å². The van der Waals surface area contributed by atoms with Crippen molar-refractivity contribution < 1.29 is 17.6 Å². The van der Waals surface area contributed by atoms with Crippen LogP contribution in [0, 0.1) is 6.92 Å². The van der Waals surface area contributed by atoms with E-state index < -0.39 is 16.1 Å². The molecule has 0 spiro atoms. The minimum atomic E-state index is -3.49. The van der Waals surface area contributed by atoms with Crippen LogP contribution in [-0.2, 0) is 10.0 Å². The van der Waals surface area contributed by atoms with Crippen molar-refractivity contribution in [2.45, 2.75) is 19.4 Å². The molecule has 1 aliphatic heterocycles. The number of nitrogens with zero attached hydrogens (tertiary/aromatic N) is 2. The quantitative estimate of drug-likeness (QED) is 0.673. The number of hydrazone groups is 1. The molecule has 30 heavy (non-hydrogen) atoms. The second-order valence-corrected chi connectivity index (χ2v) is 8.92. The van der Waals surface area contributed by atoms with Crippen molar-refractivity contribution >= 4 is 27.3 Å². The number of amides is 1. The van der Waals surface area contributed by atoms with Gasteiger partial charge in [-0.2, -0.15) is 5.10 Å². The molecule has 0 fully saturated rings. The molecule has 1 amide bonds. The maximum atomic E-state index is 13.1. The van der Waals surface area contributed by atoms with Crippen LogP contribution in [0.5, 0.6) is 0 Å². The highest BCUT2D eigenvalue weighted by molar-refractivity contribution is 7.92. The van der Waals surface area contributed by atoms with E-state index in [2.05, 4.69) is 9.82 Å². The van der Waals surface area contributed by atoms with E-state index in [0.29, 0.717) is 17.7 Å². The number of para-hydroxylation sites is 1. The first-order valence-electron chi connectivity index (χ1n) is 9.41. The van der Waals surface area contributed by atoms with Gasteiger partial charge in [0.15, 0.2) is 5.76 Å². The minimum absolute atomic E-state index is 0.170. The lowest BCUT2D eigenvalue weighted by Gasteiger charge is -2.23. The van der Waals surface area contributed by atoms with Gasteiger partial charge in [0.2, 0.25) is 10.0 Å². The number of furan rings is 1. The number of carbonyl (C=O) groups is 1. The number of nitrogens with one attached hydrogen (secondary N) is 1. The van der Waals surface area contributed by atoms with Crippen LogP contribution < -0.4 is 4.72 Å². The van der Waals surface area contributed by atoms with Crippen LogP contribution in [0.3, 0.4) is 0 Å². The maximum absolute atomic E-state index is 13.1. The zero-order chi connectivity index (χ0) is 21.3. The molecule has 1 atom stereocenters. The van der Waals surface area contributed by atoms with Crippen LogP contribution >= 0.6 is 0 Å². The summed E-state index contributed by atoms with van der Waals surface area (Å²) in [5.74, 6) is -0.217. The summed E-state index contributed by atoms with van der Waals surface area (Å²) in [6.45, 7) is 1.99. The number of carbonyl (C=O) groups excluding carboxylic acids is 1. The first-order chi connectivity index (χ1) is 14.3. The molecule has 0 saturated carbocycles. The summed E-state index contributed by atoms with van der Waals surface area (Å²) in [5, 5.41) is 6.01. The van der Waals surface area contributed by atoms with Crippen molar-refractivity contribution in [2.24, 2.45) is 5.10 Å². The molecule has 1 unspecified atom stereocenters. The average molecular weight is 423 g/mol. The predicted octanol–water partition coefficient (Wildman–Crippen LogP) is 3.95. The lowest BCUT2D eigenvalue weighted by atomic mass is 9.95. The molecule has 4 rings (SSSR count). The summed E-state index contributed by atoms with van der Waals surface area (Å²) < 4.78 is 31.6. The Kier molecular flexibility index (Phi) is 5.17. The molecule has 7 nitrogen and oxygen atoms in total. The van der Waals surface area contributed by atoms with Gasteiger partial charge in [0.1, 0.15) is 0 Å². The lowest BCUT2D eigenvalue weighted by molar-refractivity contribution is 0.0679. The highest BCUT2D eigenvalue weighted by Gasteiger charge is 2.36. The number of aryl methyl sites for hydroxylation is 1. The van der Waals surface area contributed by atoms with E-state index in [1.165, 1.54) is 11.3 Å². The number of rotatable bonds is 5. The number of hydrogen-bond donors (Lipinski definition) is 1. The summed E-state index contributed by atoms with van der Waals surface area (Å²) in [5.41, 5.74) is 3.83. The van der Waals surface area contributed by atoms with Gasteiger partial charge in [-0.05, 0) is 30.7 Å². The zero-order valence-electron chi connectivity index (χ0n) is 16.6. The fourth-order valence-corrected chi connectivity index (χ4v) is 4.18. The van der Waals surface area contributed by atoms with Gasteiger partial charge in [-0.15, -0.1) is 0 Å². The number of hydrogen-bond acceptors (Lipinski definition) is 5. The van der Waals surface area contributed by atoms with Gasteiger partial charge >= 0.3 is 5.91 Å². The Morgan fingerprint density at radius 3 is 2.53 bits per heavy atom. The van der Waals surface area contributed by atoms with Gasteiger partial charge < -0.3 is 4.42 Å². The topological polar surface area (TPSA) is 92.0 Å². The van der Waals surface area contributed by atoms with Crippen molar-refractivity contribution in [3.63, 3.8) is 0 Å². The second kappa shape index (κ2) is 7.79. The highest BCUT2D eigenvalue weighted by Crippen LogP contribution is 2.38. The van der Waals surface area contributed by atoms with Crippen molar-refractivity contribution in [3.05, 3.63) is 89.4 Å². The summed E-state index contributed by atoms with van der Waals surface area (Å²) in [6, 6.07) is 17.6. The van der Waals surface area contributed by atoms with Gasteiger partial charge in [-0.25, -0.2) is 13.4 Å². The molecule has 8 heteroatoms. The predicted molar refractivity (Wildman–Crippen MR) is 115 cm³/mol. The third kappa shape index (κ3) is 3.99. The van der Waals surface area contributed by atoms with Gasteiger partial charge in [-0.3, -0.25) is 9.52 Å². The summed E-state index contributed by atoms with van der Waals surface area (Å²) in [6.07, 6.45) is 2.97. The van der Waals surface area contributed by atoms with Crippen LogP contribution in [0.4, 0.5) is 5.69 Å². The smallest absolute Gasteiger partial charge is 0.310 e. The van der Waals surface area contributed by atoms with Crippen molar-refractivity contribution in [1.29, 1.82) is 0 Å². The number of anilines is 1. The largest absolute Gasteiger partial charge is 0.459 e. The van der Waals surface area contributed by atoms with Crippen LogP contribution in [0.1, 0.15) is 39.7 Å². The molecular weight excluding hydrogens is 402 g/mol. The molecule has 2 aromatic carbocycles. The molecule has 2 heterocycles. The van der Waals surface area contributed by atoms with E-state index in [9.17, 15) is 13.2 Å². The number of benzene rings is 2. The fraction of sp³-hybridized carbons (Fsp3) is 0.182. The van der Waals surface area contributed by atoms with E-state index >= 15 is 0 Å². The Labute approximate surface area is 175 Å². The molecule has 3 aromatic rings. The van der Waals surface area contributed by atoms with Crippen LogP contribution in [-0.4, -0.2) is 31.3 Å². The Bertz CT molecular complexity index is 1220. The van der Waals surface area contributed by atoms with E-state index in [1.807, 2.05) is 37.3 Å².